The Bertz CT molecular complexity index is 365. The highest BCUT2D eigenvalue weighted by Gasteiger charge is 2.49. The van der Waals surface area contributed by atoms with E-state index < -0.39 is 48.6 Å². The molecule has 0 aliphatic carbocycles. The molecule has 5 atom stereocenters. The molecular weight excluding hydrogens is 272 g/mol. The predicted octanol–water partition coefficient (Wildman–Crippen LogP) is -0.481. The number of aliphatic hydroxyl groups is 1. The Hall–Kier alpha value is -1.67. The second-order valence-corrected chi connectivity index (χ2v) is 4.45. The van der Waals surface area contributed by atoms with E-state index in [1.165, 1.54) is 13.8 Å². The van der Waals surface area contributed by atoms with E-state index in [0.717, 1.165) is 13.8 Å². The molecule has 0 saturated carbocycles. The minimum Gasteiger partial charge on any atom is -0.456 e. The quantitative estimate of drug-likeness (QED) is 0.548. The maximum Gasteiger partial charge on any atom is 0.303 e. The molecule has 20 heavy (non-hydrogen) atoms. The largest absolute Gasteiger partial charge is 0.456 e. The van der Waals surface area contributed by atoms with Crippen molar-refractivity contribution < 1.29 is 38.4 Å². The lowest BCUT2D eigenvalue weighted by atomic mass is 9.99. The van der Waals surface area contributed by atoms with E-state index in [0.29, 0.717) is 0 Å². The summed E-state index contributed by atoms with van der Waals surface area (Å²) in [5.74, 6) is -1.96. The Morgan fingerprint density at radius 1 is 0.850 bits per heavy atom. The molecule has 1 heterocycles. The number of carbonyl (C=O) groups is 3. The summed E-state index contributed by atoms with van der Waals surface area (Å²) in [6.07, 6.45) is -5.60. The third kappa shape index (κ3) is 4.17. The average molecular weight is 290 g/mol. The second-order valence-electron chi connectivity index (χ2n) is 4.45. The molecule has 0 bridgehead atoms. The molecule has 0 aromatic heterocycles. The molecule has 1 rings (SSSR count). The van der Waals surface area contributed by atoms with Crippen LogP contribution in [0.3, 0.4) is 0 Å². The fraction of sp³-hybridized carbons (Fsp3) is 0.750. The van der Waals surface area contributed by atoms with Crippen molar-refractivity contribution in [1.82, 2.24) is 0 Å². The third-order valence-corrected chi connectivity index (χ3v) is 2.65. The van der Waals surface area contributed by atoms with Gasteiger partial charge in [0.15, 0.2) is 24.6 Å². The smallest absolute Gasteiger partial charge is 0.303 e. The molecule has 1 N–H and O–H groups in total. The minimum absolute atomic E-state index is 0.611. The van der Waals surface area contributed by atoms with Gasteiger partial charge in [0.05, 0.1) is 6.10 Å². The lowest BCUT2D eigenvalue weighted by molar-refractivity contribution is -0.288. The van der Waals surface area contributed by atoms with Crippen LogP contribution in [0, 0.1) is 0 Å². The normalized spacial score (nSPS) is 33.1. The van der Waals surface area contributed by atoms with Gasteiger partial charge in [-0.1, -0.05) is 0 Å². The SMILES string of the molecule is CC(=O)OC1C(O)OC(C)[C@H](OC(C)=O)[C@H]1OC(C)=O. The number of hydrogen-bond donors (Lipinski definition) is 1. The van der Waals surface area contributed by atoms with E-state index in [1.54, 1.807) is 0 Å². The van der Waals surface area contributed by atoms with Gasteiger partial charge in [0.2, 0.25) is 0 Å². The molecule has 8 heteroatoms. The Balaban J connectivity index is 3.01. The lowest BCUT2D eigenvalue weighted by Crippen LogP contribution is -2.60. The van der Waals surface area contributed by atoms with Crippen molar-refractivity contribution >= 4 is 17.9 Å². The van der Waals surface area contributed by atoms with E-state index >= 15 is 0 Å². The number of hydrogen-bond acceptors (Lipinski definition) is 8. The number of aliphatic hydroxyl groups excluding tert-OH is 1. The van der Waals surface area contributed by atoms with E-state index in [1.807, 2.05) is 0 Å². The first-order chi connectivity index (χ1) is 9.22. The van der Waals surface area contributed by atoms with Gasteiger partial charge >= 0.3 is 17.9 Å². The van der Waals surface area contributed by atoms with Gasteiger partial charge in [0, 0.05) is 20.8 Å². The van der Waals surface area contributed by atoms with Crippen LogP contribution in [0.2, 0.25) is 0 Å². The molecule has 1 aliphatic heterocycles. The van der Waals surface area contributed by atoms with Crippen LogP contribution < -0.4 is 0 Å². The van der Waals surface area contributed by atoms with Gasteiger partial charge in [-0.2, -0.15) is 0 Å². The summed E-state index contributed by atoms with van der Waals surface area (Å²) >= 11 is 0. The predicted molar refractivity (Wildman–Crippen MR) is 63.2 cm³/mol. The lowest BCUT2D eigenvalue weighted by Gasteiger charge is -2.41. The van der Waals surface area contributed by atoms with Crippen LogP contribution in [0.4, 0.5) is 0 Å². The number of esters is 3. The molecule has 3 unspecified atom stereocenters. The minimum atomic E-state index is -1.48. The van der Waals surface area contributed by atoms with Gasteiger partial charge in [0.1, 0.15) is 0 Å². The summed E-state index contributed by atoms with van der Waals surface area (Å²) in [6, 6.07) is 0. The maximum atomic E-state index is 11.2. The van der Waals surface area contributed by atoms with Crippen LogP contribution in [-0.2, 0) is 33.3 Å². The number of ether oxygens (including phenoxy) is 4. The molecule has 1 aliphatic rings. The molecule has 0 aromatic rings. The van der Waals surface area contributed by atoms with Crippen LogP contribution in [0.1, 0.15) is 27.7 Å². The summed E-state index contributed by atoms with van der Waals surface area (Å²) in [5, 5.41) is 9.79. The molecule has 0 radical (unpaired) electrons. The first-order valence-corrected chi connectivity index (χ1v) is 6.07. The van der Waals surface area contributed by atoms with E-state index in [-0.39, 0.29) is 0 Å². The van der Waals surface area contributed by atoms with Crippen molar-refractivity contribution in [3.05, 3.63) is 0 Å². The van der Waals surface area contributed by atoms with Crippen LogP contribution in [0.25, 0.3) is 0 Å². The standard InChI is InChI=1S/C12H18O8/c1-5-9(18-6(2)13)10(19-7(3)14)11(12(16)17-5)20-8(4)15/h5,9-12,16H,1-4H3/t5?,9-,10+,11?,12?/m0/s1. The summed E-state index contributed by atoms with van der Waals surface area (Å²) in [6.45, 7) is 5.01. The molecule has 0 aromatic carbocycles. The second kappa shape index (κ2) is 6.67. The van der Waals surface area contributed by atoms with Crippen molar-refractivity contribution in [3.8, 4) is 0 Å². The van der Waals surface area contributed by atoms with Gasteiger partial charge in [-0.25, -0.2) is 0 Å². The zero-order chi connectivity index (χ0) is 15.4. The summed E-state index contributed by atoms with van der Waals surface area (Å²) in [4.78, 5) is 33.3. The van der Waals surface area contributed by atoms with Gasteiger partial charge in [-0.15, -0.1) is 0 Å². The summed E-state index contributed by atoms with van der Waals surface area (Å²) in [7, 11) is 0. The van der Waals surface area contributed by atoms with Gasteiger partial charge in [-0.3, -0.25) is 14.4 Å². The summed E-state index contributed by atoms with van der Waals surface area (Å²) in [5.41, 5.74) is 0. The number of rotatable bonds is 3. The zero-order valence-corrected chi connectivity index (χ0v) is 11.7. The molecule has 1 fully saturated rings. The number of carbonyl (C=O) groups excluding carboxylic acids is 3. The Morgan fingerprint density at radius 3 is 1.70 bits per heavy atom. The van der Waals surface area contributed by atoms with Gasteiger partial charge < -0.3 is 24.1 Å². The molecule has 1 saturated heterocycles. The third-order valence-electron chi connectivity index (χ3n) is 2.65. The van der Waals surface area contributed by atoms with Crippen molar-refractivity contribution in [1.29, 1.82) is 0 Å². The maximum absolute atomic E-state index is 11.2. The Morgan fingerprint density at radius 2 is 1.25 bits per heavy atom. The highest BCUT2D eigenvalue weighted by molar-refractivity contribution is 5.68. The molecule has 114 valence electrons. The molecular formula is C12H18O8. The Labute approximate surface area is 115 Å². The van der Waals surface area contributed by atoms with Crippen LogP contribution >= 0.6 is 0 Å². The van der Waals surface area contributed by atoms with Crippen molar-refractivity contribution in [2.24, 2.45) is 0 Å². The zero-order valence-electron chi connectivity index (χ0n) is 11.7. The molecule has 0 spiro atoms. The highest BCUT2D eigenvalue weighted by Crippen LogP contribution is 2.27. The van der Waals surface area contributed by atoms with Gasteiger partial charge in [-0.05, 0) is 6.92 Å². The highest BCUT2D eigenvalue weighted by atomic mass is 16.7. The van der Waals surface area contributed by atoms with Crippen LogP contribution in [0.5, 0.6) is 0 Å². The monoisotopic (exact) mass is 290 g/mol. The van der Waals surface area contributed by atoms with Crippen molar-refractivity contribution in [2.75, 3.05) is 0 Å². The fourth-order valence-corrected chi connectivity index (χ4v) is 1.99. The van der Waals surface area contributed by atoms with E-state index in [4.69, 9.17) is 18.9 Å². The summed E-state index contributed by atoms with van der Waals surface area (Å²) < 4.78 is 20.1. The van der Waals surface area contributed by atoms with Crippen LogP contribution in [0.15, 0.2) is 0 Å². The first-order valence-electron chi connectivity index (χ1n) is 6.07. The molecule has 8 nitrogen and oxygen atoms in total. The molecule has 0 amide bonds. The topological polar surface area (TPSA) is 108 Å². The average Bonchev–Trinajstić information content (AvgIpc) is 2.27. The van der Waals surface area contributed by atoms with E-state index in [2.05, 4.69) is 0 Å². The van der Waals surface area contributed by atoms with Gasteiger partial charge in [0.25, 0.3) is 0 Å². The van der Waals surface area contributed by atoms with Crippen molar-refractivity contribution in [2.45, 2.75) is 58.4 Å². The van der Waals surface area contributed by atoms with Crippen LogP contribution in [-0.4, -0.2) is 53.7 Å². The first kappa shape index (κ1) is 16.4. The fourth-order valence-electron chi connectivity index (χ4n) is 1.99. The van der Waals surface area contributed by atoms with E-state index in [9.17, 15) is 19.5 Å². The van der Waals surface area contributed by atoms with Crippen molar-refractivity contribution in [3.63, 3.8) is 0 Å². The Kier molecular flexibility index (Phi) is 5.46.